The minimum Gasteiger partial charge on any atom is -0.497 e. The van der Waals surface area contributed by atoms with Crippen molar-refractivity contribution in [1.82, 2.24) is 20.3 Å². The standard InChI is InChI=1S/C17H24N4O/c1-12(2)21-11-16(19-20-21)10-18-15-7-14(8-15)13-5-4-6-17(9-13)22-3/h4-6,9,11-12,14-15,18H,7-8,10H2,1-3H3. The van der Waals surface area contributed by atoms with Crippen LogP contribution in [-0.4, -0.2) is 28.1 Å². The molecule has 1 aliphatic rings. The normalized spacial score (nSPS) is 20.9. The van der Waals surface area contributed by atoms with Gasteiger partial charge in [-0.3, -0.25) is 0 Å². The molecule has 0 amide bonds. The maximum absolute atomic E-state index is 5.29. The van der Waals surface area contributed by atoms with Gasteiger partial charge in [-0.1, -0.05) is 17.3 Å². The molecule has 22 heavy (non-hydrogen) atoms. The molecule has 5 nitrogen and oxygen atoms in total. The molecule has 3 rings (SSSR count). The number of nitrogens with one attached hydrogen (secondary N) is 1. The number of hydrogen-bond acceptors (Lipinski definition) is 4. The van der Waals surface area contributed by atoms with Crippen molar-refractivity contribution in [2.75, 3.05) is 7.11 Å². The summed E-state index contributed by atoms with van der Waals surface area (Å²) in [6.45, 7) is 5.01. The summed E-state index contributed by atoms with van der Waals surface area (Å²) < 4.78 is 7.19. The van der Waals surface area contributed by atoms with Crippen LogP contribution >= 0.6 is 0 Å². The van der Waals surface area contributed by atoms with E-state index >= 15 is 0 Å². The Labute approximate surface area is 131 Å². The number of hydrogen-bond donors (Lipinski definition) is 1. The first-order valence-electron chi connectivity index (χ1n) is 7.93. The van der Waals surface area contributed by atoms with Gasteiger partial charge in [0.2, 0.25) is 0 Å². The maximum Gasteiger partial charge on any atom is 0.119 e. The Morgan fingerprint density at radius 1 is 1.36 bits per heavy atom. The van der Waals surface area contributed by atoms with Crippen molar-refractivity contribution in [3.63, 3.8) is 0 Å². The summed E-state index contributed by atoms with van der Waals surface area (Å²) >= 11 is 0. The highest BCUT2D eigenvalue weighted by Gasteiger charge is 2.30. The molecule has 0 atom stereocenters. The number of ether oxygens (including phenoxy) is 1. The fourth-order valence-corrected chi connectivity index (χ4v) is 2.85. The van der Waals surface area contributed by atoms with Crippen molar-refractivity contribution in [1.29, 1.82) is 0 Å². The first kappa shape index (κ1) is 15.0. The third-order valence-corrected chi connectivity index (χ3v) is 4.36. The molecule has 1 N–H and O–H groups in total. The summed E-state index contributed by atoms with van der Waals surface area (Å²) in [6.07, 6.45) is 4.37. The van der Waals surface area contributed by atoms with E-state index in [1.54, 1.807) is 7.11 Å². The smallest absolute Gasteiger partial charge is 0.119 e. The zero-order valence-corrected chi connectivity index (χ0v) is 13.5. The lowest BCUT2D eigenvalue weighted by molar-refractivity contribution is 0.288. The largest absolute Gasteiger partial charge is 0.497 e. The highest BCUT2D eigenvalue weighted by Crippen LogP contribution is 2.38. The maximum atomic E-state index is 5.29. The van der Waals surface area contributed by atoms with Crippen molar-refractivity contribution in [3.8, 4) is 5.75 Å². The molecule has 0 spiro atoms. The van der Waals surface area contributed by atoms with Crippen molar-refractivity contribution in [2.45, 2.75) is 51.2 Å². The third kappa shape index (κ3) is 3.30. The summed E-state index contributed by atoms with van der Waals surface area (Å²) in [6, 6.07) is 9.34. The molecule has 1 saturated carbocycles. The topological polar surface area (TPSA) is 52.0 Å². The van der Waals surface area contributed by atoms with Crippen LogP contribution < -0.4 is 10.1 Å². The average Bonchev–Trinajstić information content (AvgIpc) is 2.95. The molecule has 1 heterocycles. The van der Waals surface area contributed by atoms with Gasteiger partial charge in [-0.2, -0.15) is 0 Å². The average molecular weight is 300 g/mol. The van der Waals surface area contributed by atoms with Gasteiger partial charge in [0.25, 0.3) is 0 Å². The van der Waals surface area contributed by atoms with Crippen molar-refractivity contribution in [3.05, 3.63) is 41.7 Å². The summed E-state index contributed by atoms with van der Waals surface area (Å²) in [5.41, 5.74) is 2.39. The van der Waals surface area contributed by atoms with E-state index in [9.17, 15) is 0 Å². The number of rotatable bonds is 6. The van der Waals surface area contributed by atoms with Crippen LogP contribution in [0.3, 0.4) is 0 Å². The molecule has 0 aliphatic heterocycles. The zero-order valence-electron chi connectivity index (χ0n) is 13.5. The van der Waals surface area contributed by atoms with Gasteiger partial charge in [-0.25, -0.2) is 4.68 Å². The van der Waals surface area contributed by atoms with Crippen molar-refractivity contribution < 1.29 is 4.74 Å². The van der Waals surface area contributed by atoms with Crippen LogP contribution in [0.1, 0.15) is 49.9 Å². The van der Waals surface area contributed by atoms with Gasteiger partial charge in [0.05, 0.1) is 19.0 Å². The fraction of sp³-hybridized carbons (Fsp3) is 0.529. The number of nitrogens with zero attached hydrogens (tertiary/aromatic N) is 3. The van der Waals surface area contributed by atoms with Crippen LogP contribution in [0.4, 0.5) is 0 Å². The van der Waals surface area contributed by atoms with E-state index in [1.807, 2.05) is 16.9 Å². The van der Waals surface area contributed by atoms with Crippen molar-refractivity contribution in [2.24, 2.45) is 0 Å². The Bertz CT molecular complexity index is 617. The lowest BCUT2D eigenvalue weighted by Crippen LogP contribution is -2.39. The van der Waals surface area contributed by atoms with Gasteiger partial charge in [-0.15, -0.1) is 5.10 Å². The lowest BCUT2D eigenvalue weighted by atomic mass is 9.76. The molecule has 118 valence electrons. The summed E-state index contributed by atoms with van der Waals surface area (Å²) in [5.74, 6) is 1.58. The van der Waals surface area contributed by atoms with Crippen molar-refractivity contribution >= 4 is 0 Å². The highest BCUT2D eigenvalue weighted by molar-refractivity contribution is 5.32. The quantitative estimate of drug-likeness (QED) is 0.891. The summed E-state index contributed by atoms with van der Waals surface area (Å²) in [4.78, 5) is 0. The van der Waals surface area contributed by atoms with E-state index in [2.05, 4.69) is 47.7 Å². The van der Waals surface area contributed by atoms with Crippen LogP contribution in [0.5, 0.6) is 5.75 Å². The molecule has 1 aromatic carbocycles. The second-order valence-corrected chi connectivity index (χ2v) is 6.31. The Hall–Kier alpha value is -1.88. The monoisotopic (exact) mass is 300 g/mol. The molecular weight excluding hydrogens is 276 g/mol. The van der Waals surface area contributed by atoms with Crippen LogP contribution in [0.15, 0.2) is 30.5 Å². The zero-order chi connectivity index (χ0) is 15.5. The summed E-state index contributed by atoms with van der Waals surface area (Å²) in [5, 5.41) is 11.9. The number of methoxy groups -OCH3 is 1. The molecule has 0 saturated heterocycles. The van der Waals surface area contributed by atoms with E-state index in [1.165, 1.54) is 18.4 Å². The molecule has 0 unspecified atom stereocenters. The Morgan fingerprint density at radius 3 is 2.86 bits per heavy atom. The van der Waals surface area contributed by atoms with Crippen LogP contribution in [0.2, 0.25) is 0 Å². The molecule has 0 bridgehead atoms. The predicted octanol–water partition coefficient (Wildman–Crippen LogP) is 2.90. The predicted molar refractivity (Wildman–Crippen MR) is 86.0 cm³/mol. The molecule has 2 aromatic rings. The summed E-state index contributed by atoms with van der Waals surface area (Å²) in [7, 11) is 1.72. The molecule has 0 radical (unpaired) electrons. The fourth-order valence-electron chi connectivity index (χ4n) is 2.85. The van der Waals surface area contributed by atoms with Gasteiger partial charge >= 0.3 is 0 Å². The second kappa shape index (κ2) is 6.48. The van der Waals surface area contributed by atoms with E-state index in [0.717, 1.165) is 18.0 Å². The highest BCUT2D eigenvalue weighted by atomic mass is 16.5. The molecule has 1 aliphatic carbocycles. The third-order valence-electron chi connectivity index (χ3n) is 4.36. The Balaban J connectivity index is 1.47. The van der Waals surface area contributed by atoms with Gasteiger partial charge in [-0.05, 0) is 50.3 Å². The lowest BCUT2D eigenvalue weighted by Gasteiger charge is -2.36. The molecule has 5 heteroatoms. The van der Waals surface area contributed by atoms with Crippen LogP contribution in [0, 0.1) is 0 Å². The first-order valence-corrected chi connectivity index (χ1v) is 7.93. The minimum atomic E-state index is 0.363. The minimum absolute atomic E-state index is 0.363. The van der Waals surface area contributed by atoms with E-state index in [0.29, 0.717) is 18.0 Å². The van der Waals surface area contributed by atoms with Crippen LogP contribution in [-0.2, 0) is 6.54 Å². The first-order chi connectivity index (χ1) is 10.7. The van der Waals surface area contributed by atoms with Gasteiger partial charge < -0.3 is 10.1 Å². The number of aromatic nitrogens is 3. The van der Waals surface area contributed by atoms with Gasteiger partial charge in [0.15, 0.2) is 0 Å². The Kier molecular flexibility index (Phi) is 4.43. The SMILES string of the molecule is COc1cccc(C2CC(NCc3cn(C(C)C)nn3)C2)c1. The second-order valence-electron chi connectivity index (χ2n) is 6.31. The van der Waals surface area contributed by atoms with Gasteiger partial charge in [0.1, 0.15) is 5.75 Å². The van der Waals surface area contributed by atoms with Crippen LogP contribution in [0.25, 0.3) is 0 Å². The molecule has 1 aromatic heterocycles. The van der Waals surface area contributed by atoms with Gasteiger partial charge in [0, 0.05) is 18.6 Å². The van der Waals surface area contributed by atoms with E-state index < -0.39 is 0 Å². The number of benzene rings is 1. The van der Waals surface area contributed by atoms with E-state index in [4.69, 9.17) is 4.74 Å². The van der Waals surface area contributed by atoms with E-state index in [-0.39, 0.29) is 0 Å². The molecular formula is C17H24N4O. The Morgan fingerprint density at radius 2 is 2.18 bits per heavy atom. The molecule has 1 fully saturated rings.